The Morgan fingerprint density at radius 3 is 2.78 bits per heavy atom. The third-order valence-corrected chi connectivity index (χ3v) is 5.96. The van der Waals surface area contributed by atoms with Crippen molar-refractivity contribution >= 4 is 22.9 Å². The molecule has 3 heterocycles. The van der Waals surface area contributed by atoms with Gasteiger partial charge in [-0.2, -0.15) is 5.10 Å². The maximum Gasteiger partial charge on any atom is 0.241 e. The van der Waals surface area contributed by atoms with Crippen molar-refractivity contribution in [1.29, 1.82) is 0 Å². The van der Waals surface area contributed by atoms with Crippen LogP contribution in [0, 0.1) is 6.92 Å². The van der Waals surface area contributed by atoms with Crippen LogP contribution in [0.1, 0.15) is 29.0 Å². The van der Waals surface area contributed by atoms with Crippen LogP contribution in [0.5, 0.6) is 0 Å². The van der Waals surface area contributed by atoms with Gasteiger partial charge in [-0.3, -0.25) is 9.69 Å². The number of aromatic nitrogens is 2. The number of hydrogen-bond donors (Lipinski definition) is 1. The lowest BCUT2D eigenvalue weighted by Gasteiger charge is -2.34. The molecule has 1 amide bonds. The van der Waals surface area contributed by atoms with E-state index in [1.807, 2.05) is 47.9 Å². The highest BCUT2D eigenvalue weighted by Crippen LogP contribution is 2.24. The molecule has 0 saturated carbocycles. The van der Waals surface area contributed by atoms with Crippen molar-refractivity contribution < 1.29 is 4.79 Å². The summed E-state index contributed by atoms with van der Waals surface area (Å²) in [7, 11) is 0. The molecular weight excluding hydrogens is 356 g/mol. The van der Waals surface area contributed by atoms with Gasteiger partial charge < -0.3 is 5.32 Å². The minimum absolute atomic E-state index is 0.0630. The summed E-state index contributed by atoms with van der Waals surface area (Å²) in [5.41, 5.74) is 1.80. The summed E-state index contributed by atoms with van der Waals surface area (Å²) in [4.78, 5) is 17.9. The Morgan fingerprint density at radius 1 is 1.22 bits per heavy atom. The molecule has 1 aromatic carbocycles. The molecule has 1 aliphatic heterocycles. The van der Waals surface area contributed by atoms with E-state index in [2.05, 4.69) is 34.4 Å². The number of benzene rings is 1. The van der Waals surface area contributed by atoms with Crippen LogP contribution in [0.15, 0.2) is 54.9 Å². The molecule has 140 valence electrons. The zero-order valence-electron chi connectivity index (χ0n) is 15.5. The highest BCUT2D eigenvalue weighted by molar-refractivity contribution is 7.11. The molecule has 1 unspecified atom stereocenters. The number of aryl methyl sites for hydroxylation is 1. The van der Waals surface area contributed by atoms with Crippen LogP contribution >= 0.6 is 11.3 Å². The molecule has 4 rings (SSSR count). The molecule has 3 aromatic rings. The first-order valence-corrected chi connectivity index (χ1v) is 10.2. The molecule has 0 aliphatic carbocycles. The molecule has 1 saturated heterocycles. The van der Waals surface area contributed by atoms with Crippen molar-refractivity contribution in [3.63, 3.8) is 0 Å². The summed E-state index contributed by atoms with van der Waals surface area (Å²) in [6, 6.07) is 14.0. The summed E-state index contributed by atoms with van der Waals surface area (Å²) in [5.74, 6) is 0.0924. The highest BCUT2D eigenvalue weighted by atomic mass is 32.1. The number of rotatable bonds is 5. The standard InChI is InChI=1S/C21H24N4OS/c1-16-6-11-19(27-16)15-24-13-3-2-5-20(24)21(26)23-17-7-9-18(10-8-17)25-14-4-12-22-25/h4,6-12,14,20H,2-3,5,13,15H2,1H3,(H,23,26). The first-order valence-electron chi connectivity index (χ1n) is 9.39. The van der Waals surface area contributed by atoms with E-state index < -0.39 is 0 Å². The van der Waals surface area contributed by atoms with Gasteiger partial charge in [0.15, 0.2) is 0 Å². The Morgan fingerprint density at radius 2 is 2.07 bits per heavy atom. The van der Waals surface area contributed by atoms with Gasteiger partial charge in [-0.05, 0) is 68.8 Å². The fraction of sp³-hybridized carbons (Fsp3) is 0.333. The van der Waals surface area contributed by atoms with Gasteiger partial charge in [0.25, 0.3) is 0 Å². The van der Waals surface area contributed by atoms with Gasteiger partial charge >= 0.3 is 0 Å². The Bertz CT molecular complexity index is 885. The van der Waals surface area contributed by atoms with Gasteiger partial charge in [0, 0.05) is 34.4 Å². The van der Waals surface area contributed by atoms with Crippen molar-refractivity contribution in [2.75, 3.05) is 11.9 Å². The van der Waals surface area contributed by atoms with Gasteiger partial charge in [-0.1, -0.05) is 6.42 Å². The van der Waals surface area contributed by atoms with E-state index >= 15 is 0 Å². The van der Waals surface area contributed by atoms with Crippen molar-refractivity contribution in [1.82, 2.24) is 14.7 Å². The molecule has 1 aliphatic rings. The van der Waals surface area contributed by atoms with E-state index in [-0.39, 0.29) is 11.9 Å². The normalized spacial score (nSPS) is 17.7. The fourth-order valence-electron chi connectivity index (χ4n) is 3.59. The average molecular weight is 381 g/mol. The molecule has 1 fully saturated rings. The van der Waals surface area contributed by atoms with Crippen molar-refractivity contribution in [3.8, 4) is 5.69 Å². The van der Waals surface area contributed by atoms with Gasteiger partial charge in [0.1, 0.15) is 0 Å². The number of anilines is 1. The van der Waals surface area contributed by atoms with Crippen LogP contribution in [-0.4, -0.2) is 33.2 Å². The summed E-state index contributed by atoms with van der Waals surface area (Å²) < 4.78 is 1.80. The molecule has 1 atom stereocenters. The third kappa shape index (κ3) is 4.28. The SMILES string of the molecule is Cc1ccc(CN2CCCCC2C(=O)Nc2ccc(-n3cccn3)cc2)s1. The molecule has 6 heteroatoms. The van der Waals surface area contributed by atoms with Crippen LogP contribution in [0.25, 0.3) is 5.69 Å². The van der Waals surface area contributed by atoms with Gasteiger partial charge in [0.2, 0.25) is 5.91 Å². The predicted octanol–water partition coefficient (Wildman–Crippen LogP) is 4.24. The van der Waals surface area contributed by atoms with Crippen LogP contribution < -0.4 is 5.32 Å². The Balaban J connectivity index is 1.42. The molecule has 0 radical (unpaired) electrons. The van der Waals surface area contributed by atoms with E-state index in [4.69, 9.17) is 0 Å². The molecule has 27 heavy (non-hydrogen) atoms. The Hall–Kier alpha value is -2.44. The third-order valence-electron chi connectivity index (χ3n) is 4.98. The number of nitrogens with zero attached hydrogens (tertiary/aromatic N) is 3. The number of carbonyl (C=O) groups is 1. The topological polar surface area (TPSA) is 50.2 Å². The van der Waals surface area contributed by atoms with Crippen LogP contribution in [0.2, 0.25) is 0 Å². The average Bonchev–Trinajstić information content (AvgIpc) is 3.35. The van der Waals surface area contributed by atoms with E-state index in [1.54, 1.807) is 10.9 Å². The summed E-state index contributed by atoms with van der Waals surface area (Å²) in [6.07, 6.45) is 6.84. The minimum Gasteiger partial charge on any atom is -0.325 e. The number of nitrogens with one attached hydrogen (secondary N) is 1. The fourth-order valence-corrected chi connectivity index (χ4v) is 4.51. The first kappa shape index (κ1) is 17.9. The van der Waals surface area contributed by atoms with Crippen LogP contribution in [0.4, 0.5) is 5.69 Å². The van der Waals surface area contributed by atoms with Gasteiger partial charge in [0.05, 0.1) is 11.7 Å². The number of thiophene rings is 1. The zero-order valence-corrected chi connectivity index (χ0v) is 16.3. The van der Waals surface area contributed by atoms with Gasteiger partial charge in [-0.25, -0.2) is 4.68 Å². The second-order valence-corrected chi connectivity index (χ2v) is 8.35. The number of hydrogen-bond acceptors (Lipinski definition) is 4. The Labute approximate surface area is 163 Å². The van der Waals surface area contributed by atoms with E-state index in [9.17, 15) is 4.79 Å². The van der Waals surface area contributed by atoms with Crippen molar-refractivity contribution in [2.24, 2.45) is 0 Å². The Kier molecular flexibility index (Phi) is 5.36. The van der Waals surface area contributed by atoms with Crippen molar-refractivity contribution in [3.05, 3.63) is 64.6 Å². The minimum atomic E-state index is -0.0630. The molecule has 5 nitrogen and oxygen atoms in total. The summed E-state index contributed by atoms with van der Waals surface area (Å²) in [5, 5.41) is 7.32. The van der Waals surface area contributed by atoms with E-state index in [1.165, 1.54) is 9.75 Å². The second-order valence-electron chi connectivity index (χ2n) is 6.98. The van der Waals surface area contributed by atoms with Crippen LogP contribution in [-0.2, 0) is 11.3 Å². The van der Waals surface area contributed by atoms with Crippen molar-refractivity contribution in [2.45, 2.75) is 38.8 Å². The molecule has 0 spiro atoms. The summed E-state index contributed by atoms with van der Waals surface area (Å²) in [6.45, 7) is 3.96. The quantitative estimate of drug-likeness (QED) is 0.720. The highest BCUT2D eigenvalue weighted by Gasteiger charge is 2.29. The zero-order chi connectivity index (χ0) is 18.6. The summed E-state index contributed by atoms with van der Waals surface area (Å²) >= 11 is 1.82. The van der Waals surface area contributed by atoms with E-state index in [0.717, 1.165) is 43.7 Å². The van der Waals surface area contributed by atoms with Gasteiger partial charge in [-0.15, -0.1) is 11.3 Å². The number of piperidine rings is 1. The largest absolute Gasteiger partial charge is 0.325 e. The molecule has 0 bridgehead atoms. The second kappa shape index (κ2) is 8.06. The molecular formula is C21H24N4OS. The number of likely N-dealkylation sites (tertiary alicyclic amines) is 1. The number of amides is 1. The first-order chi connectivity index (χ1) is 13.2. The molecule has 2 aromatic heterocycles. The molecule has 1 N–H and O–H groups in total. The predicted molar refractivity (Wildman–Crippen MR) is 109 cm³/mol. The number of carbonyl (C=O) groups excluding carboxylic acids is 1. The smallest absolute Gasteiger partial charge is 0.241 e. The maximum atomic E-state index is 12.9. The van der Waals surface area contributed by atoms with E-state index in [0.29, 0.717) is 0 Å². The lowest BCUT2D eigenvalue weighted by Crippen LogP contribution is -2.46. The lowest BCUT2D eigenvalue weighted by molar-refractivity contribution is -0.122. The lowest BCUT2D eigenvalue weighted by atomic mass is 10.0. The van der Waals surface area contributed by atoms with Crippen LogP contribution in [0.3, 0.4) is 0 Å². The maximum absolute atomic E-state index is 12.9. The monoisotopic (exact) mass is 380 g/mol.